The second kappa shape index (κ2) is 11.1. The van der Waals surface area contributed by atoms with Gasteiger partial charge in [0.05, 0.1) is 22.6 Å². The molecule has 0 aliphatic carbocycles. The van der Waals surface area contributed by atoms with Crippen LogP contribution in [-0.2, 0) is 4.79 Å². The van der Waals surface area contributed by atoms with Crippen molar-refractivity contribution in [2.45, 2.75) is 46.1 Å². The van der Waals surface area contributed by atoms with Gasteiger partial charge in [-0.15, -0.1) is 0 Å². The maximum atomic E-state index is 13.5. The third kappa shape index (κ3) is 6.17. The number of likely N-dealkylation sites (tertiary alicyclic amines) is 1. The number of carbonyl (C=O) groups excluding carboxylic acids is 2. The number of piperidine rings is 1. The number of benzene rings is 1. The number of hydrogen-bond donors (Lipinski definition) is 1. The number of halogens is 2. The summed E-state index contributed by atoms with van der Waals surface area (Å²) < 4.78 is 13.5. The first-order valence-corrected chi connectivity index (χ1v) is 10.5. The SMILES string of the molecule is C.CCCC(=O)N1CCC(N(C)C(=O)Nc2cnc(-c3cccc(F)c3)c(Cl)c2)CC1. The number of pyridine rings is 1. The second-order valence-electron chi connectivity index (χ2n) is 7.47. The molecule has 0 spiro atoms. The zero-order valence-electron chi connectivity index (χ0n) is 17.2. The Balaban J connectivity index is 0.00000341. The minimum Gasteiger partial charge on any atom is -0.343 e. The molecule has 3 amide bonds. The number of carbonyl (C=O) groups is 2. The summed E-state index contributed by atoms with van der Waals surface area (Å²) in [4.78, 5) is 32.5. The maximum absolute atomic E-state index is 13.5. The molecule has 1 aromatic heterocycles. The number of hydrogen-bond acceptors (Lipinski definition) is 3. The molecular formula is C23H30ClFN4O2. The second-order valence-corrected chi connectivity index (χ2v) is 7.87. The number of nitrogens with one attached hydrogen (secondary N) is 1. The first-order valence-electron chi connectivity index (χ1n) is 10.1. The molecule has 6 nitrogen and oxygen atoms in total. The fourth-order valence-corrected chi connectivity index (χ4v) is 3.88. The van der Waals surface area contributed by atoms with Crippen LogP contribution in [-0.4, -0.2) is 52.9 Å². The molecule has 1 N–H and O–H groups in total. The Morgan fingerprint density at radius 1 is 1.29 bits per heavy atom. The lowest BCUT2D eigenvalue weighted by molar-refractivity contribution is -0.132. The van der Waals surface area contributed by atoms with Crippen LogP contribution in [0.25, 0.3) is 11.3 Å². The van der Waals surface area contributed by atoms with E-state index >= 15 is 0 Å². The van der Waals surface area contributed by atoms with Gasteiger partial charge in [0.2, 0.25) is 5.91 Å². The molecule has 1 saturated heterocycles. The van der Waals surface area contributed by atoms with Crippen molar-refractivity contribution in [1.82, 2.24) is 14.8 Å². The van der Waals surface area contributed by atoms with Gasteiger partial charge in [0.25, 0.3) is 0 Å². The van der Waals surface area contributed by atoms with E-state index in [1.165, 1.54) is 18.3 Å². The van der Waals surface area contributed by atoms with Gasteiger partial charge in [-0.1, -0.05) is 38.1 Å². The van der Waals surface area contributed by atoms with Crippen molar-refractivity contribution in [3.05, 3.63) is 47.4 Å². The molecule has 0 bridgehead atoms. The van der Waals surface area contributed by atoms with Crippen LogP contribution in [0.2, 0.25) is 5.02 Å². The largest absolute Gasteiger partial charge is 0.343 e. The van der Waals surface area contributed by atoms with Crippen molar-refractivity contribution in [3.8, 4) is 11.3 Å². The van der Waals surface area contributed by atoms with Gasteiger partial charge in [0.15, 0.2) is 0 Å². The van der Waals surface area contributed by atoms with Crippen LogP contribution in [0.3, 0.4) is 0 Å². The van der Waals surface area contributed by atoms with Gasteiger partial charge in [-0.3, -0.25) is 9.78 Å². The molecule has 1 fully saturated rings. The van der Waals surface area contributed by atoms with Crippen LogP contribution in [0, 0.1) is 5.82 Å². The van der Waals surface area contributed by atoms with Gasteiger partial charge in [0.1, 0.15) is 5.82 Å². The van der Waals surface area contributed by atoms with E-state index in [2.05, 4.69) is 10.3 Å². The van der Waals surface area contributed by atoms with E-state index in [9.17, 15) is 14.0 Å². The fraction of sp³-hybridized carbons (Fsp3) is 0.435. The summed E-state index contributed by atoms with van der Waals surface area (Å²) in [5, 5.41) is 3.13. The van der Waals surface area contributed by atoms with Crippen molar-refractivity contribution < 1.29 is 14.0 Å². The van der Waals surface area contributed by atoms with Crippen LogP contribution in [0.4, 0.5) is 14.9 Å². The average Bonchev–Trinajstić information content (AvgIpc) is 2.73. The van der Waals surface area contributed by atoms with Crippen LogP contribution >= 0.6 is 11.6 Å². The van der Waals surface area contributed by atoms with Crippen molar-refractivity contribution in [2.75, 3.05) is 25.5 Å². The molecule has 1 aliphatic heterocycles. The van der Waals surface area contributed by atoms with E-state index in [4.69, 9.17) is 11.6 Å². The quantitative estimate of drug-likeness (QED) is 0.663. The third-order valence-electron chi connectivity index (χ3n) is 5.34. The number of anilines is 1. The van der Waals surface area contributed by atoms with Crippen molar-refractivity contribution in [1.29, 1.82) is 0 Å². The molecule has 0 atom stereocenters. The Hall–Kier alpha value is -2.67. The molecule has 2 heterocycles. The zero-order valence-corrected chi connectivity index (χ0v) is 18.0. The highest BCUT2D eigenvalue weighted by Gasteiger charge is 2.27. The minimum absolute atomic E-state index is 0. The number of amides is 3. The minimum atomic E-state index is -0.369. The van der Waals surface area contributed by atoms with Gasteiger partial charge in [-0.05, 0) is 37.5 Å². The Morgan fingerprint density at radius 2 is 2.00 bits per heavy atom. The molecule has 2 aromatic rings. The van der Waals surface area contributed by atoms with Crippen LogP contribution in [0.1, 0.15) is 40.0 Å². The van der Waals surface area contributed by atoms with Crippen LogP contribution in [0.15, 0.2) is 36.5 Å². The lowest BCUT2D eigenvalue weighted by atomic mass is 10.0. The highest BCUT2D eigenvalue weighted by molar-refractivity contribution is 6.33. The molecule has 0 unspecified atom stereocenters. The van der Waals surface area contributed by atoms with E-state index in [-0.39, 0.29) is 31.2 Å². The molecular weight excluding hydrogens is 419 g/mol. The Kier molecular flexibility index (Phi) is 8.80. The topological polar surface area (TPSA) is 65.5 Å². The molecule has 31 heavy (non-hydrogen) atoms. The van der Waals surface area contributed by atoms with Crippen molar-refractivity contribution in [3.63, 3.8) is 0 Å². The maximum Gasteiger partial charge on any atom is 0.321 e. The highest BCUT2D eigenvalue weighted by Crippen LogP contribution is 2.28. The number of urea groups is 1. The number of rotatable bonds is 5. The molecule has 8 heteroatoms. The summed E-state index contributed by atoms with van der Waals surface area (Å²) in [5.74, 6) is -0.186. The predicted molar refractivity (Wildman–Crippen MR) is 123 cm³/mol. The summed E-state index contributed by atoms with van der Waals surface area (Å²) in [6, 6.07) is 7.43. The summed E-state index contributed by atoms with van der Waals surface area (Å²) >= 11 is 6.31. The molecule has 168 valence electrons. The lowest BCUT2D eigenvalue weighted by Gasteiger charge is -2.36. The average molecular weight is 449 g/mol. The molecule has 0 saturated carbocycles. The molecule has 3 rings (SSSR count). The fourth-order valence-electron chi connectivity index (χ4n) is 3.61. The van der Waals surface area contributed by atoms with Crippen molar-refractivity contribution >= 4 is 29.2 Å². The zero-order chi connectivity index (χ0) is 21.7. The summed E-state index contributed by atoms with van der Waals surface area (Å²) in [6.45, 7) is 3.32. The predicted octanol–water partition coefficient (Wildman–Crippen LogP) is 5.43. The van der Waals surface area contributed by atoms with E-state index in [0.717, 1.165) is 19.3 Å². The smallest absolute Gasteiger partial charge is 0.321 e. The summed E-state index contributed by atoms with van der Waals surface area (Å²) in [5.41, 5.74) is 1.48. The summed E-state index contributed by atoms with van der Waals surface area (Å²) in [6.07, 6.45) is 4.41. The first kappa shape index (κ1) is 24.6. The van der Waals surface area contributed by atoms with Crippen molar-refractivity contribution in [2.24, 2.45) is 0 Å². The Bertz CT molecular complexity index is 916. The van der Waals surface area contributed by atoms with E-state index < -0.39 is 0 Å². The van der Waals surface area contributed by atoms with Gasteiger partial charge in [-0.25, -0.2) is 9.18 Å². The van der Waals surface area contributed by atoms with Gasteiger partial charge >= 0.3 is 6.03 Å². The molecule has 1 aromatic carbocycles. The van der Waals surface area contributed by atoms with E-state index in [0.29, 0.717) is 41.5 Å². The van der Waals surface area contributed by atoms with E-state index in [1.807, 2.05) is 11.8 Å². The lowest BCUT2D eigenvalue weighted by Crippen LogP contribution is -2.48. The Labute approximate surface area is 188 Å². The third-order valence-corrected chi connectivity index (χ3v) is 5.63. The van der Waals surface area contributed by atoms with Crippen LogP contribution in [0.5, 0.6) is 0 Å². The normalized spacial score (nSPS) is 14.0. The van der Waals surface area contributed by atoms with Gasteiger partial charge in [-0.2, -0.15) is 0 Å². The van der Waals surface area contributed by atoms with Gasteiger partial charge < -0.3 is 15.1 Å². The van der Waals surface area contributed by atoms with Gasteiger partial charge in [0, 0.05) is 38.2 Å². The first-order chi connectivity index (χ1) is 14.4. The van der Waals surface area contributed by atoms with Crippen LogP contribution < -0.4 is 5.32 Å². The standard InChI is InChI=1S/C22H26ClFN4O2.CH4/c1-3-5-20(29)28-10-8-18(9-11-28)27(2)22(30)26-17-13-19(23)21(25-14-17)15-6-4-7-16(24)12-15;/h4,6-7,12-14,18H,3,5,8-11H2,1-2H3,(H,26,30);1H4. The molecule has 0 radical (unpaired) electrons. The molecule has 1 aliphatic rings. The Morgan fingerprint density at radius 3 is 2.61 bits per heavy atom. The number of aromatic nitrogens is 1. The van der Waals surface area contributed by atoms with E-state index in [1.54, 1.807) is 30.1 Å². The monoisotopic (exact) mass is 448 g/mol. The summed E-state index contributed by atoms with van der Waals surface area (Å²) in [7, 11) is 1.75. The highest BCUT2D eigenvalue weighted by atomic mass is 35.5. The number of nitrogens with zero attached hydrogens (tertiary/aromatic N) is 3.